The first kappa shape index (κ1) is 33.3. The predicted molar refractivity (Wildman–Crippen MR) is 179 cm³/mol. The van der Waals surface area contributed by atoms with Crippen molar-refractivity contribution in [3.63, 3.8) is 0 Å². The highest BCUT2D eigenvalue weighted by atomic mass is 35.5. The number of methoxy groups -OCH3 is 1. The molecule has 2 bridgehead atoms. The smallest absolute Gasteiger partial charge is 0.327 e. The van der Waals surface area contributed by atoms with Gasteiger partial charge in [0.1, 0.15) is 15.7 Å². The van der Waals surface area contributed by atoms with E-state index in [1.54, 1.807) is 26.2 Å². The molecule has 3 aliphatic rings. The summed E-state index contributed by atoms with van der Waals surface area (Å²) in [6.45, 7) is 5.97. The molecule has 2 aliphatic heterocycles. The maximum Gasteiger partial charge on any atom is 0.327 e. The van der Waals surface area contributed by atoms with E-state index in [0.717, 1.165) is 49.4 Å². The van der Waals surface area contributed by atoms with Gasteiger partial charge in [0.25, 0.3) is 5.91 Å². The number of nitrogens with one attached hydrogen (secondary N) is 2. The third-order valence-electron chi connectivity index (χ3n) is 8.99. The van der Waals surface area contributed by atoms with Gasteiger partial charge in [-0.3, -0.25) is 9.52 Å². The molecule has 244 valence electrons. The van der Waals surface area contributed by atoms with Gasteiger partial charge < -0.3 is 19.7 Å². The van der Waals surface area contributed by atoms with E-state index in [0.29, 0.717) is 49.3 Å². The number of benzene rings is 2. The Morgan fingerprint density at radius 3 is 2.78 bits per heavy atom. The Morgan fingerprint density at radius 1 is 1.18 bits per heavy atom. The molecule has 11 heteroatoms. The molecule has 5 rings (SSSR count). The molecule has 5 atom stereocenters. The molecule has 1 saturated carbocycles. The van der Waals surface area contributed by atoms with E-state index < -0.39 is 21.9 Å². The molecule has 0 unspecified atom stereocenters. The lowest BCUT2D eigenvalue weighted by Gasteiger charge is -2.43. The molecule has 2 aromatic carbocycles. The van der Waals surface area contributed by atoms with Crippen molar-refractivity contribution in [3.8, 4) is 5.75 Å². The number of urea groups is 1. The zero-order valence-corrected chi connectivity index (χ0v) is 28.0. The molecule has 0 spiro atoms. The number of fused-ring (bicyclic) bond motifs is 3. The topological polar surface area (TPSA) is 109 Å². The average molecular weight is 657 g/mol. The van der Waals surface area contributed by atoms with Crippen LogP contribution in [0.3, 0.4) is 0 Å². The minimum Gasteiger partial charge on any atom is -0.491 e. The summed E-state index contributed by atoms with van der Waals surface area (Å²) in [4.78, 5) is 28.5. The Balaban J connectivity index is 1.63. The quantitative estimate of drug-likeness (QED) is 0.363. The van der Waals surface area contributed by atoms with Gasteiger partial charge in [0.05, 0.1) is 24.2 Å². The number of allylic oxidation sites excluding steroid dienone is 1. The summed E-state index contributed by atoms with van der Waals surface area (Å²) < 4.78 is 33.1. The zero-order valence-electron chi connectivity index (χ0n) is 26.4. The summed E-state index contributed by atoms with van der Waals surface area (Å²) in [5, 5.41) is 3.33. The molecule has 0 aromatic heterocycles. The summed E-state index contributed by atoms with van der Waals surface area (Å²) >= 11 is 6.43. The molecule has 1 aliphatic carbocycles. The lowest BCUT2D eigenvalue weighted by Crippen LogP contribution is -2.43. The third kappa shape index (κ3) is 8.40. The van der Waals surface area contributed by atoms with Crippen LogP contribution < -0.4 is 19.7 Å². The normalized spacial score (nSPS) is 28.1. The van der Waals surface area contributed by atoms with Crippen LogP contribution in [-0.2, 0) is 27.6 Å². The lowest BCUT2D eigenvalue weighted by atomic mass is 9.70. The molecule has 2 aromatic rings. The van der Waals surface area contributed by atoms with Crippen LogP contribution in [0.4, 0.5) is 10.5 Å². The highest BCUT2D eigenvalue weighted by molar-refractivity contribution is 7.92. The van der Waals surface area contributed by atoms with Gasteiger partial charge >= 0.3 is 6.03 Å². The highest BCUT2D eigenvalue weighted by Crippen LogP contribution is 2.42. The minimum absolute atomic E-state index is 0.0312. The number of hydrogen-bond acceptors (Lipinski definition) is 6. The van der Waals surface area contributed by atoms with E-state index in [1.165, 1.54) is 11.1 Å². The molecule has 2 N–H and O–H groups in total. The van der Waals surface area contributed by atoms with Crippen molar-refractivity contribution < 1.29 is 23.3 Å². The van der Waals surface area contributed by atoms with Gasteiger partial charge in [0.2, 0.25) is 0 Å². The van der Waals surface area contributed by atoms with Crippen LogP contribution in [0.5, 0.6) is 5.75 Å². The van der Waals surface area contributed by atoms with Crippen LogP contribution in [0.25, 0.3) is 0 Å². The van der Waals surface area contributed by atoms with Crippen molar-refractivity contribution >= 4 is 39.1 Å². The molecule has 2 heterocycles. The number of carbonyl (C=O) groups excluding carboxylic acids is 2. The van der Waals surface area contributed by atoms with Gasteiger partial charge in [-0.2, -0.15) is 0 Å². The molecule has 1 fully saturated rings. The summed E-state index contributed by atoms with van der Waals surface area (Å²) in [5.41, 5.74) is 3.48. The number of ether oxygens (including phenoxy) is 2. The van der Waals surface area contributed by atoms with Crippen LogP contribution in [0.1, 0.15) is 67.4 Å². The zero-order chi connectivity index (χ0) is 32.0. The minimum atomic E-state index is -3.43. The lowest BCUT2D eigenvalue weighted by molar-refractivity contribution is 0.0133. The molecule has 9 nitrogen and oxygen atoms in total. The number of carbonyl (C=O) groups is 2. The van der Waals surface area contributed by atoms with Crippen LogP contribution in [0.15, 0.2) is 52.9 Å². The van der Waals surface area contributed by atoms with Crippen LogP contribution in [0.2, 0.25) is 5.02 Å². The average Bonchev–Trinajstić information content (AvgIpc) is 3.01. The van der Waals surface area contributed by atoms with Crippen molar-refractivity contribution in [2.45, 2.75) is 65.0 Å². The number of aryl methyl sites for hydroxylation is 1. The van der Waals surface area contributed by atoms with E-state index in [2.05, 4.69) is 43.6 Å². The number of anilines is 1. The molecule has 0 radical (unpaired) electrons. The standard InChI is InChI=1S/C34H45ClN4O5S/c1-4-36-34(41)38-45(42)22-23(2)8-7-10-31(43-3)29-15-12-27(29)21-39-20-26-11-14-28(35)18-24(26)9-5-6-17-44-32-16-13-25(19-30(32)39)33(40)37-45/h7,10-11,13-14,16,18-19,23,27,29,31H,4-6,8-9,12,15,17,20-22H2,1-3H3,(H2,36,37,38,40,41,42)/b10-7+/t23-,27-,29+,31-,45-/m0/s1. The van der Waals surface area contributed by atoms with Crippen molar-refractivity contribution in [2.24, 2.45) is 22.1 Å². The summed E-state index contributed by atoms with van der Waals surface area (Å²) in [5.74, 6) is 0.687. The SMILES string of the molecule is CCNC(=O)N[S@@]1(=O)=NC(=O)c2ccc3c(c2)N(Cc2ccc(Cl)cc2CCCCO3)C[C@@H]2CC[C@H]2[C@@H](OC)/C=C/C[C@H](C)C1. The first-order chi connectivity index (χ1) is 21.7. The van der Waals surface area contributed by atoms with Crippen molar-refractivity contribution in [1.82, 2.24) is 10.0 Å². The maximum atomic E-state index is 14.1. The fourth-order valence-electron chi connectivity index (χ4n) is 6.52. The van der Waals surface area contributed by atoms with E-state index in [1.807, 2.05) is 19.1 Å². The third-order valence-corrected chi connectivity index (χ3v) is 11.2. The predicted octanol–water partition coefficient (Wildman–Crippen LogP) is 6.54. The number of amides is 3. The Hall–Kier alpha value is -3.08. The molecule has 0 saturated heterocycles. The first-order valence-corrected chi connectivity index (χ1v) is 18.1. The second-order valence-corrected chi connectivity index (χ2v) is 14.9. The Morgan fingerprint density at radius 2 is 2.02 bits per heavy atom. The van der Waals surface area contributed by atoms with Crippen LogP contribution in [-0.4, -0.2) is 54.8 Å². The van der Waals surface area contributed by atoms with E-state index in [9.17, 15) is 13.8 Å². The van der Waals surface area contributed by atoms with Gasteiger partial charge in [-0.15, -0.1) is 4.36 Å². The maximum absolute atomic E-state index is 14.1. The highest BCUT2D eigenvalue weighted by Gasteiger charge is 2.38. The van der Waals surface area contributed by atoms with E-state index >= 15 is 0 Å². The fraction of sp³-hybridized carbons (Fsp3) is 0.529. The van der Waals surface area contributed by atoms with Crippen molar-refractivity contribution in [1.29, 1.82) is 0 Å². The largest absolute Gasteiger partial charge is 0.491 e. The number of halogens is 1. The number of rotatable bonds is 3. The van der Waals surface area contributed by atoms with E-state index in [4.69, 9.17) is 21.1 Å². The Labute approximate surface area is 272 Å². The van der Waals surface area contributed by atoms with E-state index in [-0.39, 0.29) is 17.8 Å². The molecular formula is C34H45ClN4O5S. The fourth-order valence-corrected chi connectivity index (χ4v) is 8.56. The summed E-state index contributed by atoms with van der Waals surface area (Å²) in [6, 6.07) is 10.8. The van der Waals surface area contributed by atoms with Gasteiger partial charge in [0, 0.05) is 37.3 Å². The second-order valence-electron chi connectivity index (χ2n) is 12.4. The Bertz CT molecular complexity index is 1540. The van der Waals surface area contributed by atoms with Gasteiger partial charge in [-0.25, -0.2) is 9.00 Å². The summed E-state index contributed by atoms with van der Waals surface area (Å²) in [7, 11) is -1.68. The monoisotopic (exact) mass is 656 g/mol. The first-order valence-electron chi connectivity index (χ1n) is 16.0. The second kappa shape index (κ2) is 15.0. The number of nitrogens with zero attached hydrogens (tertiary/aromatic N) is 2. The molecule has 45 heavy (non-hydrogen) atoms. The van der Waals surface area contributed by atoms with Gasteiger partial charge in [0.15, 0.2) is 0 Å². The molecular weight excluding hydrogens is 612 g/mol. The van der Waals surface area contributed by atoms with Gasteiger partial charge in [-0.05, 0) is 105 Å². The van der Waals surface area contributed by atoms with Crippen LogP contribution >= 0.6 is 11.6 Å². The molecule has 3 amide bonds. The van der Waals surface area contributed by atoms with Crippen molar-refractivity contribution in [3.05, 3.63) is 70.3 Å². The Kier molecular flexibility index (Phi) is 11.1. The number of hydrogen-bond donors (Lipinski definition) is 2. The van der Waals surface area contributed by atoms with Crippen molar-refractivity contribution in [2.75, 3.05) is 37.5 Å². The van der Waals surface area contributed by atoms with Gasteiger partial charge in [-0.1, -0.05) is 36.7 Å². The summed E-state index contributed by atoms with van der Waals surface area (Å²) in [6.07, 6.45) is 9.62. The van der Waals surface area contributed by atoms with Crippen LogP contribution in [0, 0.1) is 17.8 Å².